The monoisotopic (exact) mass is 294 g/mol. The van der Waals surface area contributed by atoms with E-state index in [-0.39, 0.29) is 12.4 Å². The van der Waals surface area contributed by atoms with Crippen molar-refractivity contribution in [3.05, 3.63) is 35.6 Å². The summed E-state index contributed by atoms with van der Waals surface area (Å²) in [6, 6.07) is 5.23. The molecule has 2 amide bonds. The van der Waals surface area contributed by atoms with E-state index >= 15 is 0 Å². The molecule has 1 aromatic rings. The molecule has 1 aromatic carbocycles. The average molecular weight is 294 g/mol. The Kier molecular flexibility index (Phi) is 4.45. The first-order valence-corrected chi connectivity index (χ1v) is 6.97. The molecule has 3 N–H and O–H groups in total. The molecule has 1 aliphatic rings. The Labute approximate surface area is 122 Å². The second kappa shape index (κ2) is 6.11. The van der Waals surface area contributed by atoms with E-state index in [9.17, 15) is 19.1 Å². The molecule has 0 saturated heterocycles. The number of carboxylic acid groups (broad SMARTS) is 1. The van der Waals surface area contributed by atoms with Gasteiger partial charge in [0.1, 0.15) is 5.82 Å². The van der Waals surface area contributed by atoms with Gasteiger partial charge in [-0.15, -0.1) is 0 Å². The summed E-state index contributed by atoms with van der Waals surface area (Å²) in [5.74, 6) is -1.26. The molecule has 114 valence electrons. The van der Waals surface area contributed by atoms with Crippen LogP contribution in [0.5, 0.6) is 0 Å². The summed E-state index contributed by atoms with van der Waals surface area (Å²) >= 11 is 0. The zero-order valence-electron chi connectivity index (χ0n) is 11.9. The standard InChI is InChI=1S/C15H19FN2O3/c1-10(11-5-2-3-6-12(11)16)18-14(21)17-9-15(13(19)20)7-4-8-15/h2-3,5-6,10H,4,7-9H2,1H3,(H,19,20)(H2,17,18,21). The van der Waals surface area contributed by atoms with Crippen LogP contribution < -0.4 is 10.6 Å². The largest absolute Gasteiger partial charge is 0.481 e. The molecular weight excluding hydrogens is 275 g/mol. The quantitative estimate of drug-likeness (QED) is 0.780. The SMILES string of the molecule is CC(NC(=O)NCC1(C(=O)O)CCC1)c1ccccc1F. The molecule has 21 heavy (non-hydrogen) atoms. The van der Waals surface area contributed by atoms with Gasteiger partial charge in [0.25, 0.3) is 0 Å². The maximum absolute atomic E-state index is 13.6. The summed E-state index contributed by atoms with van der Waals surface area (Å²) in [5, 5.41) is 14.4. The minimum Gasteiger partial charge on any atom is -0.481 e. The van der Waals surface area contributed by atoms with Gasteiger partial charge in [-0.05, 0) is 25.8 Å². The molecule has 0 heterocycles. The number of aliphatic carboxylic acids is 1. The highest BCUT2D eigenvalue weighted by Crippen LogP contribution is 2.40. The summed E-state index contributed by atoms with van der Waals surface area (Å²) in [4.78, 5) is 23.0. The number of urea groups is 1. The lowest BCUT2D eigenvalue weighted by Crippen LogP contribution is -2.50. The number of carbonyl (C=O) groups is 2. The summed E-state index contributed by atoms with van der Waals surface area (Å²) in [6.07, 6.45) is 2.01. The number of nitrogens with one attached hydrogen (secondary N) is 2. The Morgan fingerprint density at radius 3 is 2.57 bits per heavy atom. The first kappa shape index (κ1) is 15.3. The fourth-order valence-electron chi connectivity index (χ4n) is 2.47. The van der Waals surface area contributed by atoms with Gasteiger partial charge in [-0.25, -0.2) is 9.18 Å². The Morgan fingerprint density at radius 1 is 1.38 bits per heavy atom. The van der Waals surface area contributed by atoms with Crippen LogP contribution in [0, 0.1) is 11.2 Å². The molecule has 0 aromatic heterocycles. The van der Waals surface area contributed by atoms with Crippen LogP contribution in [0.4, 0.5) is 9.18 Å². The van der Waals surface area contributed by atoms with E-state index in [2.05, 4.69) is 10.6 Å². The van der Waals surface area contributed by atoms with Gasteiger partial charge in [-0.1, -0.05) is 24.6 Å². The van der Waals surface area contributed by atoms with Crippen molar-refractivity contribution >= 4 is 12.0 Å². The van der Waals surface area contributed by atoms with E-state index in [0.29, 0.717) is 18.4 Å². The van der Waals surface area contributed by atoms with Gasteiger partial charge in [-0.3, -0.25) is 4.79 Å². The van der Waals surface area contributed by atoms with Gasteiger partial charge in [0.2, 0.25) is 0 Å². The molecule has 2 rings (SSSR count). The maximum Gasteiger partial charge on any atom is 0.315 e. The number of halogens is 1. The van der Waals surface area contributed by atoms with E-state index in [1.165, 1.54) is 6.07 Å². The molecule has 0 spiro atoms. The third-order valence-electron chi connectivity index (χ3n) is 4.07. The number of hydrogen-bond acceptors (Lipinski definition) is 2. The average Bonchev–Trinajstić information content (AvgIpc) is 2.37. The number of benzene rings is 1. The first-order valence-electron chi connectivity index (χ1n) is 6.97. The highest BCUT2D eigenvalue weighted by Gasteiger charge is 2.44. The fraction of sp³-hybridized carbons (Fsp3) is 0.467. The van der Waals surface area contributed by atoms with Gasteiger partial charge in [0.15, 0.2) is 0 Å². The van der Waals surface area contributed by atoms with E-state index in [0.717, 1.165) is 6.42 Å². The summed E-state index contributed by atoms with van der Waals surface area (Å²) in [7, 11) is 0. The number of carboxylic acids is 1. The topological polar surface area (TPSA) is 78.4 Å². The van der Waals surface area contributed by atoms with E-state index in [4.69, 9.17) is 0 Å². The normalized spacial score (nSPS) is 17.4. The van der Waals surface area contributed by atoms with Gasteiger partial charge in [-0.2, -0.15) is 0 Å². The number of hydrogen-bond donors (Lipinski definition) is 3. The van der Waals surface area contributed by atoms with Crippen LogP contribution in [0.3, 0.4) is 0 Å². The third-order valence-corrected chi connectivity index (χ3v) is 4.07. The predicted octanol–water partition coefficient (Wildman–Crippen LogP) is 2.44. The van der Waals surface area contributed by atoms with Crippen LogP contribution >= 0.6 is 0 Å². The van der Waals surface area contributed by atoms with Crippen molar-refractivity contribution in [2.75, 3.05) is 6.54 Å². The maximum atomic E-state index is 13.6. The number of amides is 2. The molecule has 0 bridgehead atoms. The Morgan fingerprint density at radius 2 is 2.05 bits per heavy atom. The molecule has 1 fully saturated rings. The van der Waals surface area contributed by atoms with Crippen molar-refractivity contribution in [1.82, 2.24) is 10.6 Å². The molecule has 1 aliphatic carbocycles. The minimum absolute atomic E-state index is 0.0954. The highest BCUT2D eigenvalue weighted by molar-refractivity contribution is 5.79. The van der Waals surface area contributed by atoms with Crippen LogP contribution in [-0.4, -0.2) is 23.7 Å². The van der Waals surface area contributed by atoms with Crippen LogP contribution in [0.15, 0.2) is 24.3 Å². The Hall–Kier alpha value is -2.11. The molecule has 1 saturated carbocycles. The van der Waals surface area contributed by atoms with Crippen LogP contribution in [0.25, 0.3) is 0 Å². The summed E-state index contributed by atoms with van der Waals surface area (Å²) in [6.45, 7) is 1.77. The van der Waals surface area contributed by atoms with Gasteiger partial charge < -0.3 is 15.7 Å². The summed E-state index contributed by atoms with van der Waals surface area (Å²) < 4.78 is 13.6. The van der Waals surface area contributed by atoms with Gasteiger partial charge in [0.05, 0.1) is 11.5 Å². The van der Waals surface area contributed by atoms with Crippen LogP contribution in [0.1, 0.15) is 37.8 Å². The van der Waals surface area contributed by atoms with Crippen LogP contribution in [-0.2, 0) is 4.79 Å². The fourth-order valence-corrected chi connectivity index (χ4v) is 2.47. The molecule has 0 aliphatic heterocycles. The van der Waals surface area contributed by atoms with E-state index in [1.807, 2.05) is 0 Å². The molecular formula is C15H19FN2O3. The zero-order valence-corrected chi connectivity index (χ0v) is 11.9. The van der Waals surface area contributed by atoms with Gasteiger partial charge in [0, 0.05) is 12.1 Å². The van der Waals surface area contributed by atoms with E-state index < -0.39 is 23.5 Å². The van der Waals surface area contributed by atoms with Gasteiger partial charge >= 0.3 is 12.0 Å². The molecule has 0 radical (unpaired) electrons. The van der Waals surface area contributed by atoms with Crippen molar-refractivity contribution in [3.63, 3.8) is 0 Å². The first-order chi connectivity index (χ1) is 9.94. The van der Waals surface area contributed by atoms with Crippen molar-refractivity contribution in [1.29, 1.82) is 0 Å². The van der Waals surface area contributed by atoms with Crippen LogP contribution in [0.2, 0.25) is 0 Å². The molecule has 5 nitrogen and oxygen atoms in total. The number of rotatable bonds is 5. The van der Waals surface area contributed by atoms with Crippen molar-refractivity contribution in [3.8, 4) is 0 Å². The highest BCUT2D eigenvalue weighted by atomic mass is 19.1. The lowest BCUT2D eigenvalue weighted by atomic mass is 9.69. The minimum atomic E-state index is -0.879. The third kappa shape index (κ3) is 3.32. The molecule has 1 atom stereocenters. The Balaban J connectivity index is 1.87. The predicted molar refractivity (Wildman–Crippen MR) is 75.3 cm³/mol. The second-order valence-electron chi connectivity index (χ2n) is 5.51. The zero-order chi connectivity index (χ0) is 15.5. The molecule has 1 unspecified atom stereocenters. The smallest absolute Gasteiger partial charge is 0.315 e. The number of carbonyl (C=O) groups excluding carboxylic acids is 1. The Bertz CT molecular complexity index is 543. The summed E-state index contributed by atoms with van der Waals surface area (Å²) in [5.41, 5.74) is -0.442. The van der Waals surface area contributed by atoms with Crippen molar-refractivity contribution in [2.24, 2.45) is 5.41 Å². The van der Waals surface area contributed by atoms with Crippen molar-refractivity contribution in [2.45, 2.75) is 32.2 Å². The van der Waals surface area contributed by atoms with Crippen molar-refractivity contribution < 1.29 is 19.1 Å². The van der Waals surface area contributed by atoms with E-state index in [1.54, 1.807) is 25.1 Å². The molecule has 6 heteroatoms. The lowest BCUT2D eigenvalue weighted by Gasteiger charge is -2.37. The lowest BCUT2D eigenvalue weighted by molar-refractivity contribution is -0.153. The second-order valence-corrected chi connectivity index (χ2v) is 5.51.